The minimum atomic E-state index is -0.129. The number of hydrogen-bond donors (Lipinski definition) is 1. The highest BCUT2D eigenvalue weighted by atomic mass is 127. The van der Waals surface area contributed by atoms with Gasteiger partial charge in [0.1, 0.15) is 5.75 Å². The highest BCUT2D eigenvalue weighted by Gasteiger charge is 2.28. The highest BCUT2D eigenvalue weighted by Crippen LogP contribution is 2.19. The van der Waals surface area contributed by atoms with Crippen molar-refractivity contribution in [2.45, 2.75) is 33.2 Å². The van der Waals surface area contributed by atoms with Crippen LogP contribution in [-0.4, -0.2) is 74.6 Å². The summed E-state index contributed by atoms with van der Waals surface area (Å²) in [4.78, 5) is 32.2. The Morgan fingerprint density at radius 2 is 2.06 bits per heavy atom. The van der Waals surface area contributed by atoms with Gasteiger partial charge in [-0.1, -0.05) is 12.1 Å². The Balaban J connectivity index is 0.00000480. The predicted octanol–water partition coefficient (Wildman–Crippen LogP) is 2.51. The van der Waals surface area contributed by atoms with Gasteiger partial charge in [0.15, 0.2) is 12.6 Å². The molecule has 1 N–H and O–H groups in total. The summed E-state index contributed by atoms with van der Waals surface area (Å²) in [6.07, 6.45) is 1.77. The molecule has 1 aromatic rings. The first-order valence-electron chi connectivity index (χ1n) is 10.6. The third kappa shape index (κ3) is 8.92. The zero-order chi connectivity index (χ0) is 21.9. The van der Waals surface area contributed by atoms with E-state index in [0.29, 0.717) is 25.4 Å². The smallest absolute Gasteiger partial charge is 0.310 e. The zero-order valence-electron chi connectivity index (χ0n) is 18.9. The van der Waals surface area contributed by atoms with Crippen molar-refractivity contribution in [2.75, 3.05) is 46.9 Å². The van der Waals surface area contributed by atoms with Gasteiger partial charge in [-0.3, -0.25) is 9.59 Å². The number of esters is 1. The molecule has 1 fully saturated rings. The third-order valence-electron chi connectivity index (χ3n) is 4.85. The third-order valence-corrected chi connectivity index (χ3v) is 4.85. The SMILES string of the molecule is CCNC(=NCc1cccc(OCC(=O)N(C)C)c1)N1CCCC(C(=O)OCC)C1.I. The Labute approximate surface area is 202 Å². The van der Waals surface area contributed by atoms with E-state index in [1.807, 2.05) is 38.1 Å². The first kappa shape index (κ1) is 27.0. The number of amides is 1. The molecule has 0 aromatic heterocycles. The summed E-state index contributed by atoms with van der Waals surface area (Å²) in [6, 6.07) is 7.60. The van der Waals surface area contributed by atoms with Crippen molar-refractivity contribution in [3.63, 3.8) is 0 Å². The van der Waals surface area contributed by atoms with Crippen LogP contribution in [0.25, 0.3) is 0 Å². The maximum absolute atomic E-state index is 12.1. The highest BCUT2D eigenvalue weighted by molar-refractivity contribution is 14.0. The minimum Gasteiger partial charge on any atom is -0.484 e. The molecule has 1 unspecified atom stereocenters. The maximum Gasteiger partial charge on any atom is 0.310 e. The number of nitrogens with one attached hydrogen (secondary N) is 1. The van der Waals surface area contributed by atoms with Gasteiger partial charge in [-0.05, 0) is 44.4 Å². The van der Waals surface area contributed by atoms with Gasteiger partial charge in [-0.2, -0.15) is 0 Å². The number of nitrogens with zero attached hydrogens (tertiary/aromatic N) is 3. The zero-order valence-corrected chi connectivity index (χ0v) is 21.3. The van der Waals surface area contributed by atoms with E-state index in [-0.39, 0.29) is 48.4 Å². The fourth-order valence-electron chi connectivity index (χ4n) is 3.22. The lowest BCUT2D eigenvalue weighted by Crippen LogP contribution is -2.48. The summed E-state index contributed by atoms with van der Waals surface area (Å²) < 4.78 is 10.8. The largest absolute Gasteiger partial charge is 0.484 e. The average molecular weight is 546 g/mol. The van der Waals surface area contributed by atoms with Crippen LogP contribution in [0.1, 0.15) is 32.3 Å². The van der Waals surface area contributed by atoms with E-state index in [2.05, 4.69) is 10.2 Å². The monoisotopic (exact) mass is 546 g/mol. The number of likely N-dealkylation sites (tertiary alicyclic amines) is 1. The molecule has 8 nitrogen and oxygen atoms in total. The van der Waals surface area contributed by atoms with E-state index < -0.39 is 0 Å². The van der Waals surface area contributed by atoms with Gasteiger partial charge in [0, 0.05) is 33.7 Å². The molecule has 1 aliphatic heterocycles. The molecule has 1 saturated heterocycles. The first-order chi connectivity index (χ1) is 14.4. The molecule has 0 spiro atoms. The van der Waals surface area contributed by atoms with Crippen molar-refractivity contribution in [1.29, 1.82) is 0 Å². The number of guanidine groups is 1. The van der Waals surface area contributed by atoms with Crippen LogP contribution >= 0.6 is 24.0 Å². The quantitative estimate of drug-likeness (QED) is 0.234. The summed E-state index contributed by atoms with van der Waals surface area (Å²) in [7, 11) is 3.40. The molecule has 0 saturated carbocycles. The molecule has 1 aliphatic rings. The molecule has 0 aliphatic carbocycles. The molecule has 1 heterocycles. The van der Waals surface area contributed by atoms with Crippen molar-refractivity contribution >= 4 is 41.8 Å². The molecule has 9 heteroatoms. The lowest BCUT2D eigenvalue weighted by molar-refractivity contribution is -0.149. The normalized spacial score (nSPS) is 16.2. The summed E-state index contributed by atoms with van der Waals surface area (Å²) in [5.41, 5.74) is 0.985. The first-order valence-corrected chi connectivity index (χ1v) is 10.6. The van der Waals surface area contributed by atoms with E-state index in [1.165, 1.54) is 4.90 Å². The van der Waals surface area contributed by atoms with Crippen molar-refractivity contribution in [3.8, 4) is 5.75 Å². The van der Waals surface area contributed by atoms with Gasteiger partial charge >= 0.3 is 5.97 Å². The van der Waals surface area contributed by atoms with Crippen molar-refractivity contribution < 1.29 is 19.1 Å². The molecule has 0 bridgehead atoms. The number of hydrogen-bond acceptors (Lipinski definition) is 5. The maximum atomic E-state index is 12.1. The van der Waals surface area contributed by atoms with Crippen molar-refractivity contribution in [2.24, 2.45) is 10.9 Å². The van der Waals surface area contributed by atoms with E-state index in [4.69, 9.17) is 14.5 Å². The van der Waals surface area contributed by atoms with Crippen molar-refractivity contribution in [3.05, 3.63) is 29.8 Å². The Kier molecular flexibility index (Phi) is 12.3. The summed E-state index contributed by atoms with van der Waals surface area (Å²) in [5.74, 6) is 1.10. The molecule has 0 radical (unpaired) electrons. The fraction of sp³-hybridized carbons (Fsp3) is 0.591. The van der Waals surface area contributed by atoms with Gasteiger partial charge in [0.25, 0.3) is 5.91 Å². The van der Waals surface area contributed by atoms with Gasteiger partial charge in [-0.15, -0.1) is 24.0 Å². The van der Waals surface area contributed by atoms with Gasteiger partial charge < -0.3 is 24.6 Å². The Morgan fingerprint density at radius 3 is 2.74 bits per heavy atom. The van der Waals surface area contributed by atoms with Crippen LogP contribution in [-0.2, 0) is 20.9 Å². The summed E-state index contributed by atoms with van der Waals surface area (Å²) in [6.45, 7) is 6.96. The van der Waals surface area contributed by atoms with Crippen LogP contribution in [0.5, 0.6) is 5.75 Å². The van der Waals surface area contributed by atoms with E-state index in [1.54, 1.807) is 14.1 Å². The fourth-order valence-corrected chi connectivity index (χ4v) is 3.22. The summed E-state index contributed by atoms with van der Waals surface area (Å²) in [5, 5.41) is 3.32. The molecule has 2 rings (SSSR count). The topological polar surface area (TPSA) is 83.5 Å². The number of benzene rings is 1. The second-order valence-corrected chi connectivity index (χ2v) is 7.43. The van der Waals surface area contributed by atoms with Gasteiger partial charge in [-0.25, -0.2) is 4.99 Å². The van der Waals surface area contributed by atoms with Crippen LogP contribution in [0, 0.1) is 5.92 Å². The van der Waals surface area contributed by atoms with Crippen LogP contribution < -0.4 is 10.1 Å². The van der Waals surface area contributed by atoms with E-state index in [9.17, 15) is 9.59 Å². The number of aliphatic imine (C=N–C) groups is 1. The number of carbonyl (C=O) groups excluding carboxylic acids is 2. The van der Waals surface area contributed by atoms with Crippen LogP contribution in [0.4, 0.5) is 0 Å². The lowest BCUT2D eigenvalue weighted by Gasteiger charge is -2.34. The second-order valence-electron chi connectivity index (χ2n) is 7.43. The number of ether oxygens (including phenoxy) is 2. The minimum absolute atomic E-state index is 0. The molecule has 31 heavy (non-hydrogen) atoms. The number of piperidine rings is 1. The average Bonchev–Trinajstić information content (AvgIpc) is 2.75. The molecular formula is C22H35IN4O4. The van der Waals surface area contributed by atoms with Crippen LogP contribution in [0.15, 0.2) is 29.3 Å². The van der Waals surface area contributed by atoms with Crippen molar-refractivity contribution in [1.82, 2.24) is 15.1 Å². The number of likely N-dealkylation sites (N-methyl/N-ethyl adjacent to an activating group) is 1. The molecule has 1 aromatic carbocycles. The lowest BCUT2D eigenvalue weighted by atomic mass is 9.98. The molecular weight excluding hydrogens is 511 g/mol. The van der Waals surface area contributed by atoms with Crippen LogP contribution in [0.3, 0.4) is 0 Å². The Hall–Kier alpha value is -2.04. The predicted molar refractivity (Wildman–Crippen MR) is 132 cm³/mol. The van der Waals surface area contributed by atoms with Gasteiger partial charge in [0.05, 0.1) is 19.1 Å². The molecule has 174 valence electrons. The molecule has 1 atom stereocenters. The number of rotatable bonds is 8. The van der Waals surface area contributed by atoms with Crippen LogP contribution in [0.2, 0.25) is 0 Å². The van der Waals surface area contributed by atoms with Gasteiger partial charge in [0.2, 0.25) is 0 Å². The molecule has 1 amide bonds. The Bertz CT molecular complexity index is 742. The van der Waals surface area contributed by atoms with E-state index >= 15 is 0 Å². The number of halogens is 1. The van der Waals surface area contributed by atoms with E-state index in [0.717, 1.165) is 37.5 Å². The summed E-state index contributed by atoms with van der Waals surface area (Å²) >= 11 is 0. The number of carbonyl (C=O) groups is 2. The standard InChI is InChI=1S/C22H34N4O4.HI/c1-5-23-22(26-12-8-10-18(15-26)21(28)29-6-2)24-14-17-9-7-11-19(13-17)30-16-20(27)25(3)4;/h7,9,11,13,18H,5-6,8,10,12,14-16H2,1-4H3,(H,23,24);1H. The second kappa shape index (κ2) is 14.1. The Morgan fingerprint density at radius 1 is 1.29 bits per heavy atom.